The number of benzene rings is 2. The molecule has 0 unspecified atom stereocenters. The van der Waals surface area contributed by atoms with Gasteiger partial charge in [-0.1, -0.05) is 42.5 Å². The van der Waals surface area contributed by atoms with Crippen molar-refractivity contribution >= 4 is 23.3 Å². The zero-order valence-corrected chi connectivity index (χ0v) is 25.4. The minimum atomic E-state index is -0.673. The van der Waals surface area contributed by atoms with Gasteiger partial charge < -0.3 is 25.8 Å². The zero-order chi connectivity index (χ0) is 31.9. The van der Waals surface area contributed by atoms with Crippen molar-refractivity contribution in [2.24, 2.45) is 5.92 Å². The molecule has 0 bridgehead atoms. The first-order valence-electron chi connectivity index (χ1n) is 15.5. The largest absolute Gasteiger partial charge is 0.504 e. The normalized spacial score (nSPS) is 14.9. The fraction of sp³-hybridized carbons (Fsp3) is 0.324. The van der Waals surface area contributed by atoms with Gasteiger partial charge in [-0.2, -0.15) is 5.10 Å². The Hall–Kier alpha value is -5.07. The van der Waals surface area contributed by atoms with Crippen LogP contribution >= 0.6 is 0 Å². The summed E-state index contributed by atoms with van der Waals surface area (Å²) in [6, 6.07) is 18.1. The molecule has 238 valence electrons. The number of morpholine rings is 1. The van der Waals surface area contributed by atoms with Crippen LogP contribution in [0.1, 0.15) is 18.4 Å². The Bertz CT molecular complexity index is 1750. The maximum absolute atomic E-state index is 13.3. The lowest BCUT2D eigenvalue weighted by Crippen LogP contribution is -2.41. The van der Waals surface area contributed by atoms with Crippen LogP contribution in [0.5, 0.6) is 5.75 Å². The Morgan fingerprint density at radius 2 is 1.70 bits per heavy atom. The van der Waals surface area contributed by atoms with Crippen LogP contribution in [0, 0.1) is 5.92 Å². The molecule has 6 rings (SSSR count). The maximum atomic E-state index is 13.3. The second kappa shape index (κ2) is 14.4. The lowest BCUT2D eigenvalue weighted by Gasteiger charge is -2.26. The fourth-order valence-corrected chi connectivity index (χ4v) is 5.31. The van der Waals surface area contributed by atoms with Gasteiger partial charge in [0.2, 0.25) is 5.91 Å². The molecule has 0 spiro atoms. The predicted octanol–water partition coefficient (Wildman–Crippen LogP) is 3.72. The molecule has 3 heterocycles. The molecule has 12 nitrogen and oxygen atoms in total. The summed E-state index contributed by atoms with van der Waals surface area (Å²) in [5.41, 5.74) is 4.00. The number of urea groups is 1. The molecule has 2 aliphatic rings. The second-order valence-electron chi connectivity index (χ2n) is 11.6. The third-order valence-corrected chi connectivity index (χ3v) is 8.06. The van der Waals surface area contributed by atoms with E-state index in [-0.39, 0.29) is 23.0 Å². The molecule has 46 heavy (non-hydrogen) atoms. The minimum absolute atomic E-state index is 0.00826. The van der Waals surface area contributed by atoms with Gasteiger partial charge in [0.15, 0.2) is 5.75 Å². The maximum Gasteiger partial charge on any atom is 0.323 e. The number of hydrogen-bond acceptors (Lipinski definition) is 8. The molecule has 0 atom stereocenters. The van der Waals surface area contributed by atoms with Gasteiger partial charge in [0.05, 0.1) is 37.2 Å². The van der Waals surface area contributed by atoms with Crippen molar-refractivity contribution in [3.63, 3.8) is 0 Å². The number of carbonyl (C=O) groups is 2. The van der Waals surface area contributed by atoms with E-state index >= 15 is 0 Å². The molecule has 2 aromatic carbocycles. The van der Waals surface area contributed by atoms with E-state index in [0.29, 0.717) is 31.1 Å². The Morgan fingerprint density at radius 1 is 0.935 bits per heavy atom. The van der Waals surface area contributed by atoms with E-state index in [9.17, 15) is 19.5 Å². The van der Waals surface area contributed by atoms with E-state index in [2.05, 4.69) is 30.9 Å². The van der Waals surface area contributed by atoms with E-state index in [0.717, 1.165) is 67.9 Å². The van der Waals surface area contributed by atoms with Crippen molar-refractivity contribution in [2.45, 2.75) is 25.8 Å². The average molecular weight is 624 g/mol. The molecule has 2 fully saturated rings. The van der Waals surface area contributed by atoms with Crippen molar-refractivity contribution in [2.75, 3.05) is 50.0 Å². The van der Waals surface area contributed by atoms with Gasteiger partial charge in [-0.25, -0.2) is 9.48 Å². The molecule has 1 aliphatic carbocycles. The highest BCUT2D eigenvalue weighted by Crippen LogP contribution is 2.31. The molecule has 4 N–H and O–H groups in total. The third kappa shape index (κ3) is 8.14. The van der Waals surface area contributed by atoms with Crippen LogP contribution in [-0.2, 0) is 22.5 Å². The number of amides is 3. The Kier molecular flexibility index (Phi) is 9.65. The monoisotopic (exact) mass is 623 g/mol. The number of nitrogens with zero attached hydrogens (tertiary/aromatic N) is 4. The van der Waals surface area contributed by atoms with Crippen LogP contribution in [0.15, 0.2) is 77.9 Å². The van der Waals surface area contributed by atoms with Gasteiger partial charge >= 0.3 is 6.03 Å². The molecular weight excluding hydrogens is 586 g/mol. The predicted molar refractivity (Wildman–Crippen MR) is 175 cm³/mol. The smallest absolute Gasteiger partial charge is 0.323 e. The van der Waals surface area contributed by atoms with Crippen molar-refractivity contribution in [1.29, 1.82) is 0 Å². The Balaban J connectivity index is 1.15. The van der Waals surface area contributed by atoms with E-state index in [1.807, 2.05) is 48.5 Å². The number of hydrogen-bond donors (Lipinski definition) is 4. The highest BCUT2D eigenvalue weighted by Gasteiger charge is 2.24. The molecule has 1 saturated carbocycles. The molecule has 4 aromatic rings. The van der Waals surface area contributed by atoms with Crippen molar-refractivity contribution in [3.05, 3.63) is 89.0 Å². The summed E-state index contributed by atoms with van der Waals surface area (Å²) in [6.07, 6.45) is 5.03. The highest BCUT2D eigenvalue weighted by atomic mass is 16.5. The van der Waals surface area contributed by atoms with E-state index in [4.69, 9.17) is 4.74 Å². The number of nitrogens with one attached hydrogen (secondary N) is 3. The summed E-state index contributed by atoms with van der Waals surface area (Å²) in [7, 11) is 0. The summed E-state index contributed by atoms with van der Waals surface area (Å²) < 4.78 is 6.79. The Morgan fingerprint density at radius 3 is 2.46 bits per heavy atom. The van der Waals surface area contributed by atoms with Crippen molar-refractivity contribution < 1.29 is 19.4 Å². The van der Waals surface area contributed by atoms with Crippen LogP contribution < -0.4 is 21.5 Å². The third-order valence-electron chi connectivity index (χ3n) is 8.06. The van der Waals surface area contributed by atoms with Gasteiger partial charge in [0.25, 0.3) is 5.56 Å². The number of pyridine rings is 1. The summed E-state index contributed by atoms with van der Waals surface area (Å²) in [5.74, 6) is 0.186. The molecule has 1 aliphatic heterocycles. The molecule has 2 aromatic heterocycles. The van der Waals surface area contributed by atoms with Crippen LogP contribution in [-0.4, -0.2) is 76.1 Å². The zero-order valence-electron chi connectivity index (χ0n) is 25.4. The number of anilines is 2. The van der Waals surface area contributed by atoms with E-state index in [1.165, 1.54) is 23.1 Å². The van der Waals surface area contributed by atoms with Crippen LogP contribution in [0.4, 0.5) is 16.2 Å². The van der Waals surface area contributed by atoms with Crippen molar-refractivity contribution in [1.82, 2.24) is 25.0 Å². The quantitative estimate of drug-likeness (QED) is 0.197. The first-order valence-corrected chi connectivity index (χ1v) is 15.5. The summed E-state index contributed by atoms with van der Waals surface area (Å²) >= 11 is 0. The van der Waals surface area contributed by atoms with Crippen molar-refractivity contribution in [3.8, 4) is 28.1 Å². The fourth-order valence-electron chi connectivity index (χ4n) is 5.31. The van der Waals surface area contributed by atoms with Gasteiger partial charge in [0, 0.05) is 44.5 Å². The van der Waals surface area contributed by atoms with Crippen LogP contribution in [0.3, 0.4) is 0 Å². The molecule has 0 radical (unpaired) electrons. The lowest BCUT2D eigenvalue weighted by atomic mass is 9.99. The van der Waals surface area contributed by atoms with Gasteiger partial charge in [-0.05, 0) is 53.6 Å². The summed E-state index contributed by atoms with van der Waals surface area (Å²) in [5, 5.41) is 22.8. The lowest BCUT2D eigenvalue weighted by molar-refractivity contribution is -0.120. The number of aromatic hydroxyl groups is 1. The van der Waals surface area contributed by atoms with Gasteiger partial charge in [0.1, 0.15) is 5.69 Å². The molecule has 1 saturated heterocycles. The number of aromatic nitrogens is 3. The summed E-state index contributed by atoms with van der Waals surface area (Å²) in [4.78, 5) is 44.6. The highest BCUT2D eigenvalue weighted by molar-refractivity contribution is 6.00. The van der Waals surface area contributed by atoms with Crippen LogP contribution in [0.2, 0.25) is 0 Å². The van der Waals surface area contributed by atoms with E-state index < -0.39 is 11.6 Å². The second-order valence-corrected chi connectivity index (χ2v) is 11.6. The van der Waals surface area contributed by atoms with Crippen LogP contribution in [0.25, 0.3) is 22.4 Å². The number of carbonyl (C=O) groups excluding carboxylic acids is 2. The summed E-state index contributed by atoms with van der Waals surface area (Å²) in [6.45, 7) is 5.17. The molecule has 3 amide bonds. The average Bonchev–Trinajstić information content (AvgIpc) is 3.89. The number of rotatable bonds is 11. The first kappa shape index (κ1) is 30.9. The molecular formula is C34H37N7O5. The number of ether oxygens (including phenoxy) is 1. The SMILES string of the molecule is O=C(Cc1ccc(-c2cccc(-c3cc(NC(=O)Nc4ccncc4O)c(=O)n(CC4CC4)n3)c2)cc1)NCCN1CCOCC1. The van der Waals surface area contributed by atoms with Gasteiger partial charge in [-0.15, -0.1) is 0 Å². The first-order chi connectivity index (χ1) is 22.4. The standard InChI is InChI=1S/C34H37N7O5/c42-31-21-35-11-10-28(31)37-34(45)38-30-20-29(39-41(33(30)44)22-24-4-5-24)27-3-1-2-26(19-27)25-8-6-23(7-9-25)18-32(43)36-12-13-40-14-16-46-17-15-40/h1-3,6-11,19-21,24,42H,4-5,12-18,22H2,(H,36,43)(H2,35,37,38,45). The molecule has 12 heteroatoms. The topological polar surface area (TPSA) is 151 Å². The van der Waals surface area contributed by atoms with Gasteiger partial charge in [-0.3, -0.25) is 19.5 Å². The van der Waals surface area contributed by atoms with E-state index in [1.54, 1.807) is 6.07 Å². The Labute approximate surface area is 266 Å². The minimum Gasteiger partial charge on any atom is -0.504 e.